The fourth-order valence-corrected chi connectivity index (χ4v) is 9.06. The van der Waals surface area contributed by atoms with Crippen LogP contribution in [0.4, 0.5) is 0 Å². The number of ketones is 1. The summed E-state index contributed by atoms with van der Waals surface area (Å²) >= 11 is 0. The summed E-state index contributed by atoms with van der Waals surface area (Å²) in [6, 6.07) is 0. The van der Waals surface area contributed by atoms with Crippen molar-refractivity contribution in [2.75, 3.05) is 0 Å². The Bertz CT molecular complexity index is 817. The minimum Gasteiger partial charge on any atom is -0.462 e. The van der Waals surface area contributed by atoms with E-state index in [0.717, 1.165) is 49.9 Å². The molecule has 0 aromatic heterocycles. The van der Waals surface area contributed by atoms with Crippen molar-refractivity contribution < 1.29 is 14.3 Å². The first kappa shape index (κ1) is 24.6. The molecule has 0 amide bonds. The largest absolute Gasteiger partial charge is 0.462 e. The molecule has 3 nitrogen and oxygen atoms in total. The predicted octanol–water partition coefficient (Wildman–Crippen LogP) is 7.67. The zero-order valence-electron chi connectivity index (χ0n) is 22.2. The molecule has 4 fully saturated rings. The van der Waals surface area contributed by atoms with Gasteiger partial charge in [-0.15, -0.1) is 0 Å². The molecule has 34 heavy (non-hydrogen) atoms. The highest BCUT2D eigenvalue weighted by Gasteiger charge is 2.58. The third-order valence-electron chi connectivity index (χ3n) is 11.3. The predicted molar refractivity (Wildman–Crippen MR) is 136 cm³/mol. The van der Waals surface area contributed by atoms with Crippen molar-refractivity contribution in [3.63, 3.8) is 0 Å². The lowest BCUT2D eigenvalue weighted by molar-refractivity contribution is -0.165. The van der Waals surface area contributed by atoms with Gasteiger partial charge in [-0.2, -0.15) is 0 Å². The summed E-state index contributed by atoms with van der Waals surface area (Å²) < 4.78 is 6.38. The van der Waals surface area contributed by atoms with E-state index in [-0.39, 0.29) is 28.8 Å². The summed E-state index contributed by atoms with van der Waals surface area (Å²) in [6.45, 7) is 8.99. The van der Waals surface area contributed by atoms with Gasteiger partial charge in [0.2, 0.25) is 0 Å². The van der Waals surface area contributed by atoms with Crippen molar-refractivity contribution in [1.82, 2.24) is 0 Å². The second kappa shape index (κ2) is 9.40. The highest BCUT2D eigenvalue weighted by atomic mass is 16.5. The second-order valence-corrected chi connectivity index (χ2v) is 13.7. The van der Waals surface area contributed by atoms with Crippen LogP contribution in [0, 0.1) is 46.3 Å². The number of hydrogen-bond donors (Lipinski definition) is 0. The number of unbranched alkanes of at least 4 members (excludes halogenated alkanes) is 1. The van der Waals surface area contributed by atoms with Gasteiger partial charge in [0.05, 0.1) is 5.92 Å². The molecule has 0 saturated heterocycles. The Morgan fingerprint density at radius 2 is 1.76 bits per heavy atom. The molecule has 0 bridgehead atoms. The van der Waals surface area contributed by atoms with Crippen LogP contribution >= 0.6 is 0 Å². The minimum atomic E-state index is -0.208. The summed E-state index contributed by atoms with van der Waals surface area (Å²) in [7, 11) is 0. The molecule has 3 heteroatoms. The molecule has 0 aromatic rings. The number of esters is 1. The molecule has 190 valence electrons. The number of ether oxygens (including phenoxy) is 1. The average Bonchev–Trinajstić information content (AvgIpc) is 3.14. The zero-order valence-corrected chi connectivity index (χ0v) is 22.2. The molecule has 5 aliphatic carbocycles. The molecule has 6 atom stereocenters. The Morgan fingerprint density at radius 1 is 1.00 bits per heavy atom. The summed E-state index contributed by atoms with van der Waals surface area (Å²) in [5.74, 6) is 4.16. The molecule has 4 saturated carbocycles. The summed E-state index contributed by atoms with van der Waals surface area (Å²) in [4.78, 5) is 25.8. The van der Waals surface area contributed by atoms with Gasteiger partial charge in [-0.3, -0.25) is 9.59 Å². The Hall–Kier alpha value is -1.12. The lowest BCUT2D eigenvalue weighted by atomic mass is 9.50. The molecule has 0 aromatic carbocycles. The van der Waals surface area contributed by atoms with E-state index in [1.807, 2.05) is 6.08 Å². The lowest BCUT2D eigenvalue weighted by Gasteiger charge is -2.54. The lowest BCUT2D eigenvalue weighted by Crippen LogP contribution is -2.49. The van der Waals surface area contributed by atoms with Crippen LogP contribution in [0.1, 0.15) is 118 Å². The molecular weight excluding hydrogens is 420 g/mol. The van der Waals surface area contributed by atoms with E-state index >= 15 is 0 Å². The van der Waals surface area contributed by atoms with Crippen molar-refractivity contribution in [2.45, 2.75) is 124 Å². The van der Waals surface area contributed by atoms with Crippen LogP contribution < -0.4 is 0 Å². The number of carbonyl (C=O) groups is 2. The molecule has 0 aliphatic heterocycles. The standard InChI is InChI=1S/C31H48O3/c1-5-6-7-20-8-10-21(11-9-20)29(33)34-28-15-14-26-24-13-12-22-18-27(32)30(2,3)19-25(22)23(24)16-17-31(26,28)4/h18,20-21,23-26,28H,5-17,19H2,1-4H3/t20?,21?,23-,24+,25-,26-,28-,31-/m0/s1. The van der Waals surface area contributed by atoms with Crippen LogP contribution in [0.2, 0.25) is 0 Å². The smallest absolute Gasteiger partial charge is 0.309 e. The maximum Gasteiger partial charge on any atom is 0.309 e. The number of hydrogen-bond acceptors (Lipinski definition) is 3. The molecule has 0 unspecified atom stereocenters. The molecule has 5 aliphatic rings. The van der Waals surface area contributed by atoms with Crippen LogP contribution in [0.15, 0.2) is 11.6 Å². The first-order valence-corrected chi connectivity index (χ1v) is 14.7. The molecule has 0 N–H and O–H groups in total. The van der Waals surface area contributed by atoms with E-state index in [2.05, 4.69) is 27.7 Å². The number of carbonyl (C=O) groups excluding carboxylic acids is 2. The maximum atomic E-state index is 13.2. The van der Waals surface area contributed by atoms with Crippen molar-refractivity contribution in [1.29, 1.82) is 0 Å². The van der Waals surface area contributed by atoms with Crippen LogP contribution in [-0.4, -0.2) is 17.9 Å². The average molecular weight is 469 g/mol. The van der Waals surface area contributed by atoms with Crippen LogP contribution in [0.5, 0.6) is 0 Å². The second-order valence-electron chi connectivity index (χ2n) is 13.7. The quantitative estimate of drug-likeness (QED) is 0.389. The van der Waals surface area contributed by atoms with E-state index in [1.54, 1.807) is 0 Å². The van der Waals surface area contributed by atoms with Crippen molar-refractivity contribution >= 4 is 11.8 Å². The first-order chi connectivity index (χ1) is 16.2. The molecule has 0 radical (unpaired) electrons. The van der Waals surface area contributed by atoms with Crippen molar-refractivity contribution in [3.8, 4) is 0 Å². The van der Waals surface area contributed by atoms with Crippen LogP contribution in [0.3, 0.4) is 0 Å². The number of rotatable bonds is 5. The molecule has 5 rings (SSSR count). The minimum absolute atomic E-state index is 0.115. The SMILES string of the molecule is CCCCC1CCC(C(=O)O[C@H]2CC[C@H]3[C@@H]4CCC5=CC(=O)C(C)(C)C[C@@H]5[C@H]4CC[C@]23C)CC1. The molecule has 0 spiro atoms. The Kier molecular flexibility index (Phi) is 6.79. The number of fused-ring (bicyclic) bond motifs is 5. The Morgan fingerprint density at radius 3 is 2.50 bits per heavy atom. The fraction of sp³-hybridized carbons (Fsp3) is 0.871. The van der Waals surface area contributed by atoms with Gasteiger partial charge in [-0.1, -0.05) is 52.5 Å². The number of allylic oxidation sites excluding steroid dienone is 1. The normalized spacial score (nSPS) is 43.4. The van der Waals surface area contributed by atoms with E-state index in [0.29, 0.717) is 17.6 Å². The summed E-state index contributed by atoms with van der Waals surface area (Å²) in [6.07, 6.45) is 18.6. The van der Waals surface area contributed by atoms with Crippen molar-refractivity contribution in [2.24, 2.45) is 46.3 Å². The first-order valence-electron chi connectivity index (χ1n) is 14.7. The summed E-state index contributed by atoms with van der Waals surface area (Å²) in [5.41, 5.74) is 1.39. The highest BCUT2D eigenvalue weighted by molar-refractivity contribution is 5.96. The van der Waals surface area contributed by atoms with Gasteiger partial charge in [-0.25, -0.2) is 0 Å². The van der Waals surface area contributed by atoms with E-state index in [4.69, 9.17) is 4.74 Å². The van der Waals surface area contributed by atoms with E-state index < -0.39 is 0 Å². The Balaban J connectivity index is 1.22. The van der Waals surface area contributed by atoms with E-state index in [9.17, 15) is 9.59 Å². The van der Waals surface area contributed by atoms with Gasteiger partial charge in [0.15, 0.2) is 5.78 Å². The maximum absolute atomic E-state index is 13.2. The Labute approximate surface area is 207 Å². The van der Waals surface area contributed by atoms with Gasteiger partial charge in [0.1, 0.15) is 6.10 Å². The topological polar surface area (TPSA) is 43.4 Å². The third kappa shape index (κ3) is 4.32. The zero-order chi connectivity index (χ0) is 24.1. The molecule has 0 heterocycles. The van der Waals surface area contributed by atoms with Gasteiger partial charge in [0.25, 0.3) is 0 Å². The van der Waals surface area contributed by atoms with Gasteiger partial charge < -0.3 is 4.74 Å². The van der Waals surface area contributed by atoms with Gasteiger partial charge in [0, 0.05) is 10.8 Å². The van der Waals surface area contributed by atoms with Crippen LogP contribution in [0.25, 0.3) is 0 Å². The fourth-order valence-electron chi connectivity index (χ4n) is 9.06. The summed E-state index contributed by atoms with van der Waals surface area (Å²) in [5, 5.41) is 0. The van der Waals surface area contributed by atoms with Crippen LogP contribution in [-0.2, 0) is 14.3 Å². The van der Waals surface area contributed by atoms with Crippen molar-refractivity contribution in [3.05, 3.63) is 11.6 Å². The highest BCUT2D eigenvalue weighted by Crippen LogP contribution is 2.63. The third-order valence-corrected chi connectivity index (χ3v) is 11.3. The van der Waals surface area contributed by atoms with Gasteiger partial charge >= 0.3 is 5.97 Å². The molecular formula is C31H48O3. The van der Waals surface area contributed by atoms with Gasteiger partial charge in [-0.05, 0) is 106 Å². The monoisotopic (exact) mass is 468 g/mol. The van der Waals surface area contributed by atoms with E-state index in [1.165, 1.54) is 63.4 Å².